The first-order valence-corrected chi connectivity index (χ1v) is 6.94. The minimum atomic E-state index is -0.265. The van der Waals surface area contributed by atoms with Crippen molar-refractivity contribution >= 4 is 0 Å². The number of piperidine rings is 1. The third kappa shape index (κ3) is 3.75. The summed E-state index contributed by atoms with van der Waals surface area (Å²) in [6.45, 7) is 8.77. The number of aromatic nitrogens is 2. The fraction of sp³-hybridized carbons (Fsp3) is 0.846. The Balaban J connectivity index is 1.89. The molecule has 1 fully saturated rings. The Labute approximate surface area is 113 Å². The van der Waals surface area contributed by atoms with Gasteiger partial charge in [-0.3, -0.25) is 4.90 Å². The van der Waals surface area contributed by atoms with Crippen LogP contribution in [0.1, 0.15) is 45.0 Å². The van der Waals surface area contributed by atoms with E-state index in [9.17, 15) is 5.11 Å². The average Bonchev–Trinajstić information content (AvgIpc) is 2.83. The highest BCUT2D eigenvalue weighted by Crippen LogP contribution is 2.19. The molecule has 2 heterocycles. The molecule has 0 aliphatic carbocycles. The lowest BCUT2D eigenvalue weighted by Gasteiger charge is -2.33. The summed E-state index contributed by atoms with van der Waals surface area (Å²) in [4.78, 5) is 6.49. The quantitative estimate of drug-likeness (QED) is 0.870. The van der Waals surface area contributed by atoms with Crippen LogP contribution in [-0.2, 0) is 11.3 Å². The van der Waals surface area contributed by atoms with E-state index in [1.807, 2.05) is 13.8 Å². The zero-order chi connectivity index (χ0) is 13.8. The standard InChI is InChI=1S/C13H23N3O3/c1-4-18-10(3)13-14-12(19-15-13)8-16-6-5-9(2)11(17)7-16/h9-11,17H,4-8H2,1-3H3. The number of likely N-dealkylation sites (tertiary alicyclic amines) is 1. The van der Waals surface area contributed by atoms with Crippen molar-refractivity contribution in [3.8, 4) is 0 Å². The van der Waals surface area contributed by atoms with Gasteiger partial charge in [0.2, 0.25) is 5.89 Å². The lowest BCUT2D eigenvalue weighted by atomic mass is 9.96. The number of aliphatic hydroxyl groups excluding tert-OH is 1. The van der Waals surface area contributed by atoms with Gasteiger partial charge < -0.3 is 14.4 Å². The Morgan fingerprint density at radius 1 is 1.58 bits per heavy atom. The first-order chi connectivity index (χ1) is 9.10. The number of hydrogen-bond donors (Lipinski definition) is 1. The van der Waals surface area contributed by atoms with Crippen LogP contribution in [0.4, 0.5) is 0 Å². The molecule has 0 amide bonds. The Morgan fingerprint density at radius 2 is 2.37 bits per heavy atom. The van der Waals surface area contributed by atoms with E-state index in [1.54, 1.807) is 0 Å². The summed E-state index contributed by atoms with van der Waals surface area (Å²) >= 11 is 0. The Kier molecular flexibility index (Phi) is 4.90. The van der Waals surface area contributed by atoms with Crippen molar-refractivity contribution in [2.24, 2.45) is 5.92 Å². The van der Waals surface area contributed by atoms with Gasteiger partial charge in [0.25, 0.3) is 0 Å². The molecule has 1 saturated heterocycles. The SMILES string of the molecule is CCOC(C)c1noc(CN2CCC(C)C(O)C2)n1. The number of rotatable bonds is 5. The van der Waals surface area contributed by atoms with E-state index in [0.717, 1.165) is 13.0 Å². The second-order valence-electron chi connectivity index (χ2n) is 5.21. The second kappa shape index (κ2) is 6.45. The van der Waals surface area contributed by atoms with E-state index in [-0.39, 0.29) is 12.2 Å². The van der Waals surface area contributed by atoms with Crippen LogP contribution in [0.15, 0.2) is 4.52 Å². The topological polar surface area (TPSA) is 71.6 Å². The van der Waals surface area contributed by atoms with Crippen LogP contribution in [-0.4, -0.2) is 45.9 Å². The number of hydrogen-bond acceptors (Lipinski definition) is 6. The Hall–Kier alpha value is -0.980. The lowest BCUT2D eigenvalue weighted by molar-refractivity contribution is 0.0220. The molecule has 0 saturated carbocycles. The summed E-state index contributed by atoms with van der Waals surface area (Å²) in [5.74, 6) is 1.54. The maximum Gasteiger partial charge on any atom is 0.240 e. The molecule has 0 radical (unpaired) electrons. The third-order valence-corrected chi connectivity index (χ3v) is 3.63. The summed E-state index contributed by atoms with van der Waals surface area (Å²) < 4.78 is 10.7. The van der Waals surface area contributed by atoms with Crippen LogP contribution in [0.2, 0.25) is 0 Å². The molecule has 0 bridgehead atoms. The number of β-amino-alcohol motifs (C(OH)–C–C–N with tert-alkyl or cyclic N) is 1. The fourth-order valence-corrected chi connectivity index (χ4v) is 2.27. The van der Waals surface area contributed by atoms with E-state index in [2.05, 4.69) is 22.0 Å². The van der Waals surface area contributed by atoms with Gasteiger partial charge in [-0.2, -0.15) is 4.98 Å². The second-order valence-corrected chi connectivity index (χ2v) is 5.21. The van der Waals surface area contributed by atoms with E-state index < -0.39 is 0 Å². The molecule has 1 N–H and O–H groups in total. The molecule has 1 aromatic heterocycles. The van der Waals surface area contributed by atoms with Gasteiger partial charge in [-0.15, -0.1) is 0 Å². The highest BCUT2D eigenvalue weighted by Gasteiger charge is 2.25. The predicted molar refractivity (Wildman–Crippen MR) is 69.4 cm³/mol. The van der Waals surface area contributed by atoms with Gasteiger partial charge in [-0.1, -0.05) is 12.1 Å². The third-order valence-electron chi connectivity index (χ3n) is 3.63. The van der Waals surface area contributed by atoms with E-state index >= 15 is 0 Å². The smallest absolute Gasteiger partial charge is 0.240 e. The first-order valence-electron chi connectivity index (χ1n) is 6.94. The van der Waals surface area contributed by atoms with Crippen molar-refractivity contribution in [3.63, 3.8) is 0 Å². The minimum absolute atomic E-state index is 0.144. The van der Waals surface area contributed by atoms with Gasteiger partial charge in [-0.25, -0.2) is 0 Å². The predicted octanol–water partition coefficient (Wildman–Crippen LogP) is 1.37. The van der Waals surface area contributed by atoms with Crippen LogP contribution in [0, 0.1) is 5.92 Å². The van der Waals surface area contributed by atoms with Gasteiger partial charge in [-0.05, 0) is 32.7 Å². The van der Waals surface area contributed by atoms with Gasteiger partial charge in [0.15, 0.2) is 5.82 Å². The molecular weight excluding hydrogens is 246 g/mol. The minimum Gasteiger partial charge on any atom is -0.392 e. The molecule has 0 aromatic carbocycles. The molecule has 0 spiro atoms. The summed E-state index contributed by atoms with van der Waals surface area (Å²) in [5, 5.41) is 13.8. The summed E-state index contributed by atoms with van der Waals surface area (Å²) in [7, 11) is 0. The van der Waals surface area contributed by atoms with Crippen molar-refractivity contribution < 1.29 is 14.4 Å². The molecule has 3 unspecified atom stereocenters. The normalized spacial score (nSPS) is 26.5. The molecule has 1 aliphatic heterocycles. The fourth-order valence-electron chi connectivity index (χ4n) is 2.27. The van der Waals surface area contributed by atoms with E-state index in [4.69, 9.17) is 9.26 Å². The van der Waals surface area contributed by atoms with Gasteiger partial charge in [0, 0.05) is 13.2 Å². The summed E-state index contributed by atoms with van der Waals surface area (Å²) in [6, 6.07) is 0. The van der Waals surface area contributed by atoms with Gasteiger partial charge >= 0.3 is 0 Å². The van der Waals surface area contributed by atoms with E-state index in [1.165, 1.54) is 0 Å². The van der Waals surface area contributed by atoms with Crippen molar-refractivity contribution in [3.05, 3.63) is 11.7 Å². The molecule has 19 heavy (non-hydrogen) atoms. The Morgan fingerprint density at radius 3 is 3.05 bits per heavy atom. The molecule has 6 heteroatoms. The van der Waals surface area contributed by atoms with Crippen LogP contribution in [0.3, 0.4) is 0 Å². The highest BCUT2D eigenvalue weighted by molar-refractivity contribution is 4.91. The summed E-state index contributed by atoms with van der Waals surface area (Å²) in [6.07, 6.45) is 0.588. The number of nitrogens with zero attached hydrogens (tertiary/aromatic N) is 3. The van der Waals surface area contributed by atoms with E-state index in [0.29, 0.717) is 37.3 Å². The lowest BCUT2D eigenvalue weighted by Crippen LogP contribution is -2.42. The first kappa shape index (κ1) is 14.4. The van der Waals surface area contributed by atoms with Crippen LogP contribution >= 0.6 is 0 Å². The van der Waals surface area contributed by atoms with Gasteiger partial charge in [0.05, 0.1) is 12.6 Å². The molecule has 108 valence electrons. The Bertz CT molecular complexity index is 396. The molecular formula is C13H23N3O3. The number of aliphatic hydroxyl groups is 1. The van der Waals surface area contributed by atoms with Crippen LogP contribution in [0.25, 0.3) is 0 Å². The molecule has 1 aromatic rings. The summed E-state index contributed by atoms with van der Waals surface area (Å²) in [5.41, 5.74) is 0. The number of ether oxygens (including phenoxy) is 1. The monoisotopic (exact) mass is 269 g/mol. The largest absolute Gasteiger partial charge is 0.392 e. The van der Waals surface area contributed by atoms with Crippen LogP contribution < -0.4 is 0 Å². The maximum absolute atomic E-state index is 9.86. The molecule has 2 rings (SSSR count). The average molecular weight is 269 g/mol. The van der Waals surface area contributed by atoms with Gasteiger partial charge in [0.1, 0.15) is 6.10 Å². The maximum atomic E-state index is 9.86. The van der Waals surface area contributed by atoms with Crippen molar-refractivity contribution in [2.45, 2.75) is 45.9 Å². The molecule has 3 atom stereocenters. The zero-order valence-electron chi connectivity index (χ0n) is 11.9. The van der Waals surface area contributed by atoms with Crippen molar-refractivity contribution in [1.82, 2.24) is 15.0 Å². The molecule has 6 nitrogen and oxygen atoms in total. The van der Waals surface area contributed by atoms with Crippen LogP contribution in [0.5, 0.6) is 0 Å². The van der Waals surface area contributed by atoms with Crippen molar-refractivity contribution in [1.29, 1.82) is 0 Å². The molecule has 1 aliphatic rings. The van der Waals surface area contributed by atoms with Crippen molar-refractivity contribution in [2.75, 3.05) is 19.7 Å². The highest BCUT2D eigenvalue weighted by atomic mass is 16.5. The zero-order valence-corrected chi connectivity index (χ0v) is 11.9.